The Labute approximate surface area is 101 Å². The van der Waals surface area contributed by atoms with Crippen LogP contribution in [0.5, 0.6) is 0 Å². The standard InChI is InChI=1S/C11H20N4O2/c1-10(2,3)17-9(16)13-11(14-15-12)7-5-4-6-8-11/h4-8H2,1-3H3,(H,13,16). The van der Waals surface area contributed by atoms with Crippen LogP contribution in [0.2, 0.25) is 0 Å². The Hall–Kier alpha value is -1.42. The van der Waals surface area contributed by atoms with E-state index in [1.54, 1.807) is 20.8 Å². The average Bonchev–Trinajstić information content (AvgIpc) is 2.15. The molecular weight excluding hydrogens is 220 g/mol. The second-order valence-corrected chi connectivity index (χ2v) is 5.41. The van der Waals surface area contributed by atoms with Gasteiger partial charge in [-0.1, -0.05) is 24.4 Å². The van der Waals surface area contributed by atoms with Crippen molar-refractivity contribution in [3.63, 3.8) is 0 Å². The van der Waals surface area contributed by atoms with Gasteiger partial charge in [0, 0.05) is 4.91 Å². The van der Waals surface area contributed by atoms with Crippen LogP contribution >= 0.6 is 0 Å². The van der Waals surface area contributed by atoms with Crippen LogP contribution in [0.4, 0.5) is 4.79 Å². The number of alkyl carbamates (subject to hydrolysis) is 1. The number of nitrogens with zero attached hydrogens (tertiary/aromatic N) is 3. The molecule has 17 heavy (non-hydrogen) atoms. The van der Waals surface area contributed by atoms with Gasteiger partial charge in [-0.15, -0.1) is 0 Å². The highest BCUT2D eigenvalue weighted by atomic mass is 16.6. The number of rotatable bonds is 2. The first kappa shape index (κ1) is 13.6. The normalized spacial score (nSPS) is 19.0. The molecule has 0 aliphatic heterocycles. The molecule has 96 valence electrons. The van der Waals surface area contributed by atoms with E-state index in [-0.39, 0.29) is 0 Å². The van der Waals surface area contributed by atoms with E-state index < -0.39 is 17.4 Å². The Bertz CT molecular complexity index is 323. The Balaban J connectivity index is 2.67. The summed E-state index contributed by atoms with van der Waals surface area (Å²) in [6, 6.07) is 0. The smallest absolute Gasteiger partial charge is 0.408 e. The third kappa shape index (κ3) is 4.53. The van der Waals surface area contributed by atoms with Crippen LogP contribution in [0, 0.1) is 0 Å². The van der Waals surface area contributed by atoms with Gasteiger partial charge >= 0.3 is 6.09 Å². The molecule has 1 amide bonds. The molecule has 0 aromatic rings. The van der Waals surface area contributed by atoms with Gasteiger partial charge in [0.25, 0.3) is 0 Å². The third-order valence-corrected chi connectivity index (χ3v) is 2.65. The predicted molar refractivity (Wildman–Crippen MR) is 64.3 cm³/mol. The lowest BCUT2D eigenvalue weighted by Gasteiger charge is -2.34. The minimum atomic E-state index is -0.796. The Morgan fingerprint density at radius 1 is 1.35 bits per heavy atom. The summed E-state index contributed by atoms with van der Waals surface area (Å²) in [5.41, 5.74) is 7.25. The topological polar surface area (TPSA) is 87.1 Å². The summed E-state index contributed by atoms with van der Waals surface area (Å²) in [6.07, 6.45) is 3.85. The maximum Gasteiger partial charge on any atom is 0.408 e. The molecule has 0 radical (unpaired) electrons. The molecule has 1 N–H and O–H groups in total. The monoisotopic (exact) mass is 240 g/mol. The Morgan fingerprint density at radius 3 is 2.41 bits per heavy atom. The van der Waals surface area contributed by atoms with Crippen LogP contribution in [0.15, 0.2) is 5.11 Å². The first-order chi connectivity index (χ1) is 7.87. The van der Waals surface area contributed by atoms with Gasteiger partial charge in [-0.3, -0.25) is 0 Å². The van der Waals surface area contributed by atoms with Crippen LogP contribution in [-0.2, 0) is 4.74 Å². The number of hydrogen-bond donors (Lipinski definition) is 1. The minimum Gasteiger partial charge on any atom is -0.444 e. The van der Waals surface area contributed by atoms with Gasteiger partial charge in [-0.2, -0.15) is 0 Å². The van der Waals surface area contributed by atoms with E-state index in [2.05, 4.69) is 15.3 Å². The molecular formula is C11H20N4O2. The molecule has 6 nitrogen and oxygen atoms in total. The zero-order chi connectivity index (χ0) is 12.9. The highest BCUT2D eigenvalue weighted by Gasteiger charge is 2.34. The lowest BCUT2D eigenvalue weighted by Crippen LogP contribution is -2.49. The largest absolute Gasteiger partial charge is 0.444 e. The highest BCUT2D eigenvalue weighted by Crippen LogP contribution is 2.29. The number of nitrogens with one attached hydrogen (secondary N) is 1. The van der Waals surface area contributed by atoms with Gasteiger partial charge in [0.1, 0.15) is 11.3 Å². The molecule has 1 aliphatic rings. The van der Waals surface area contributed by atoms with E-state index in [1.165, 1.54) is 0 Å². The fraction of sp³-hybridized carbons (Fsp3) is 0.909. The van der Waals surface area contributed by atoms with Crippen LogP contribution in [0.3, 0.4) is 0 Å². The molecule has 0 unspecified atom stereocenters. The van der Waals surface area contributed by atoms with Crippen molar-refractivity contribution in [2.75, 3.05) is 0 Å². The van der Waals surface area contributed by atoms with Crippen molar-refractivity contribution >= 4 is 6.09 Å². The molecule has 0 bridgehead atoms. The van der Waals surface area contributed by atoms with E-state index in [0.717, 1.165) is 19.3 Å². The maximum absolute atomic E-state index is 11.7. The zero-order valence-electron chi connectivity index (χ0n) is 10.7. The fourth-order valence-corrected chi connectivity index (χ4v) is 1.97. The van der Waals surface area contributed by atoms with Gasteiger partial charge < -0.3 is 10.1 Å². The van der Waals surface area contributed by atoms with Crippen LogP contribution in [0.1, 0.15) is 52.9 Å². The first-order valence-corrected chi connectivity index (χ1v) is 5.94. The minimum absolute atomic E-state index is 0.521. The number of carbonyl (C=O) groups excluding carboxylic acids is 1. The van der Waals surface area contributed by atoms with E-state index in [0.29, 0.717) is 12.8 Å². The summed E-state index contributed by atoms with van der Waals surface area (Å²) in [7, 11) is 0. The lowest BCUT2D eigenvalue weighted by atomic mass is 9.90. The van der Waals surface area contributed by atoms with Crippen LogP contribution in [-0.4, -0.2) is 17.4 Å². The van der Waals surface area contributed by atoms with E-state index >= 15 is 0 Å². The summed E-state index contributed by atoms with van der Waals surface area (Å²) in [4.78, 5) is 14.5. The number of ether oxygens (including phenoxy) is 1. The summed E-state index contributed by atoms with van der Waals surface area (Å²) in [5.74, 6) is 0. The number of hydrogen-bond acceptors (Lipinski definition) is 3. The Morgan fingerprint density at radius 2 is 1.94 bits per heavy atom. The molecule has 6 heteroatoms. The van der Waals surface area contributed by atoms with Crippen molar-refractivity contribution in [1.82, 2.24) is 5.32 Å². The summed E-state index contributed by atoms with van der Waals surface area (Å²) in [6.45, 7) is 5.40. The number of azide groups is 1. The molecule has 0 aromatic carbocycles. The molecule has 0 atom stereocenters. The summed E-state index contributed by atoms with van der Waals surface area (Å²) in [5, 5.41) is 6.46. The van der Waals surface area contributed by atoms with Crippen molar-refractivity contribution in [3.8, 4) is 0 Å². The average molecular weight is 240 g/mol. The first-order valence-electron chi connectivity index (χ1n) is 5.94. The van der Waals surface area contributed by atoms with Crippen molar-refractivity contribution in [2.45, 2.75) is 64.1 Å². The molecule has 0 aromatic heterocycles. The quantitative estimate of drug-likeness (QED) is 0.455. The van der Waals surface area contributed by atoms with Gasteiger partial charge in [-0.05, 0) is 39.1 Å². The third-order valence-electron chi connectivity index (χ3n) is 2.65. The molecule has 0 saturated heterocycles. The van der Waals surface area contributed by atoms with Gasteiger partial charge in [0.15, 0.2) is 0 Å². The van der Waals surface area contributed by atoms with Crippen molar-refractivity contribution in [3.05, 3.63) is 10.4 Å². The maximum atomic E-state index is 11.7. The number of carbonyl (C=O) groups is 1. The SMILES string of the molecule is CC(C)(C)OC(=O)NC1(N=[N+]=[N-])CCCCC1. The van der Waals surface area contributed by atoms with Gasteiger partial charge in [0.2, 0.25) is 0 Å². The van der Waals surface area contributed by atoms with Gasteiger partial charge in [0.05, 0.1) is 0 Å². The molecule has 1 rings (SSSR count). The van der Waals surface area contributed by atoms with Gasteiger partial charge in [-0.25, -0.2) is 4.79 Å². The van der Waals surface area contributed by atoms with E-state index in [1.807, 2.05) is 0 Å². The lowest BCUT2D eigenvalue weighted by molar-refractivity contribution is 0.0429. The summed E-state index contributed by atoms with van der Waals surface area (Å²) >= 11 is 0. The van der Waals surface area contributed by atoms with E-state index in [9.17, 15) is 4.79 Å². The molecule has 0 spiro atoms. The molecule has 1 aliphatic carbocycles. The zero-order valence-corrected chi connectivity index (χ0v) is 10.7. The summed E-state index contributed by atoms with van der Waals surface area (Å²) < 4.78 is 5.18. The fourth-order valence-electron chi connectivity index (χ4n) is 1.97. The van der Waals surface area contributed by atoms with Crippen LogP contribution in [0.25, 0.3) is 10.4 Å². The highest BCUT2D eigenvalue weighted by molar-refractivity contribution is 5.68. The van der Waals surface area contributed by atoms with Crippen molar-refractivity contribution < 1.29 is 9.53 Å². The predicted octanol–water partition coefficient (Wildman–Crippen LogP) is 3.48. The Kier molecular flexibility index (Phi) is 4.23. The molecule has 1 saturated carbocycles. The van der Waals surface area contributed by atoms with E-state index in [4.69, 9.17) is 10.3 Å². The molecule has 1 fully saturated rings. The molecule has 0 heterocycles. The van der Waals surface area contributed by atoms with Crippen molar-refractivity contribution in [2.24, 2.45) is 5.11 Å². The van der Waals surface area contributed by atoms with Crippen molar-refractivity contribution in [1.29, 1.82) is 0 Å². The second-order valence-electron chi connectivity index (χ2n) is 5.41. The van der Waals surface area contributed by atoms with Crippen LogP contribution < -0.4 is 5.32 Å². The second kappa shape index (κ2) is 5.27. The number of amides is 1.